The molecule has 0 N–H and O–H groups in total. The fraction of sp³-hybridized carbons (Fsp3) is 0.875. The van der Waals surface area contributed by atoms with Gasteiger partial charge in [0, 0.05) is 68.0 Å². The maximum absolute atomic E-state index is 12.5. The lowest BCUT2D eigenvalue weighted by Gasteiger charge is -2.36. The zero-order valence-electron chi connectivity index (χ0n) is 38.4. The Morgan fingerprint density at radius 3 is 0.722 bits per heavy atom. The van der Waals surface area contributed by atoms with Crippen LogP contribution in [0.3, 0.4) is 0 Å². The summed E-state index contributed by atoms with van der Waals surface area (Å²) in [6, 6.07) is 0. The van der Waals surface area contributed by atoms with E-state index in [-0.39, 0.29) is 79.6 Å². The van der Waals surface area contributed by atoms with E-state index in [0.717, 1.165) is 77.0 Å². The van der Waals surface area contributed by atoms with E-state index in [1.165, 1.54) is 0 Å². The van der Waals surface area contributed by atoms with Crippen molar-refractivity contribution in [2.24, 2.45) is 68.0 Å². The molecule has 0 unspecified atom stereocenters. The van der Waals surface area contributed by atoms with E-state index in [0.29, 0.717) is 23.1 Å². The highest BCUT2D eigenvalue weighted by molar-refractivity contribution is 5.94. The first-order valence-corrected chi connectivity index (χ1v) is 21.4. The van der Waals surface area contributed by atoms with Crippen LogP contribution < -0.4 is 0 Å². The van der Waals surface area contributed by atoms with E-state index < -0.39 is 0 Å². The predicted octanol–water partition coefficient (Wildman–Crippen LogP) is 12.1. The highest BCUT2D eigenvalue weighted by Crippen LogP contribution is 2.41. The number of hydrogen-bond donors (Lipinski definition) is 0. The summed E-state index contributed by atoms with van der Waals surface area (Å²) in [5.74, 6) is 2.36. The molecule has 0 spiro atoms. The van der Waals surface area contributed by atoms with Gasteiger partial charge < -0.3 is 0 Å². The van der Waals surface area contributed by atoms with Gasteiger partial charge in [0.15, 0.2) is 0 Å². The standard InChI is InChI=1S/3C16H28O2/c1-15(2,3)13(17)11-7-9-12(10-8-11)14(18)16(4,5)6;1-15(2,3)13(17)11-8-7-9-12(10-11)14(18)16(4,5)6;1-15(2,3)13(17)11-9-7-8-10-12(11)14(18)16(4,5)6/h3*11-12H,7-10H2,1-6H3/t;2*11-,12-/m.11/s1. The summed E-state index contributed by atoms with van der Waals surface area (Å²) < 4.78 is 0. The molecule has 6 heteroatoms. The van der Waals surface area contributed by atoms with Crippen molar-refractivity contribution in [2.75, 3.05) is 0 Å². The highest BCUT2D eigenvalue weighted by Gasteiger charge is 2.43. The van der Waals surface area contributed by atoms with Crippen molar-refractivity contribution in [3.8, 4) is 0 Å². The minimum absolute atomic E-state index is 0.0505. The van der Waals surface area contributed by atoms with Crippen LogP contribution in [0.5, 0.6) is 0 Å². The van der Waals surface area contributed by atoms with Gasteiger partial charge in [-0.25, -0.2) is 0 Å². The van der Waals surface area contributed by atoms with Crippen LogP contribution in [0.25, 0.3) is 0 Å². The van der Waals surface area contributed by atoms with Crippen molar-refractivity contribution in [3.05, 3.63) is 0 Å². The van der Waals surface area contributed by atoms with Crippen LogP contribution >= 0.6 is 0 Å². The predicted molar refractivity (Wildman–Crippen MR) is 223 cm³/mol. The van der Waals surface area contributed by atoms with Gasteiger partial charge in [-0.05, 0) is 57.8 Å². The minimum Gasteiger partial charge on any atom is -0.299 e. The SMILES string of the molecule is CC(C)(C)C(=O)C1CCC(C(=O)C(C)(C)C)CC1.CC(C)(C)C(=O)[C@@H]1CCCC[C@H]1C(=O)C(C)(C)C.CC(C)(C)C(=O)[C@@H]1CCC[C@@H](C(=O)C(C)(C)C)C1. The lowest BCUT2D eigenvalue weighted by molar-refractivity contribution is -0.142. The Bertz CT molecular complexity index is 1200. The van der Waals surface area contributed by atoms with Crippen LogP contribution in [0.1, 0.15) is 202 Å². The molecule has 0 amide bonds. The third-order valence-corrected chi connectivity index (χ3v) is 11.8. The molecule has 0 aromatic carbocycles. The largest absolute Gasteiger partial charge is 0.299 e. The molecule has 6 nitrogen and oxygen atoms in total. The van der Waals surface area contributed by atoms with Crippen molar-refractivity contribution >= 4 is 34.7 Å². The molecule has 3 aliphatic carbocycles. The molecule has 312 valence electrons. The van der Waals surface area contributed by atoms with Gasteiger partial charge in [0.2, 0.25) is 0 Å². The fourth-order valence-corrected chi connectivity index (χ4v) is 8.60. The number of carbonyl (C=O) groups excluding carboxylic acids is 6. The second kappa shape index (κ2) is 19.0. The number of rotatable bonds is 6. The smallest absolute Gasteiger partial charge is 0.141 e. The van der Waals surface area contributed by atoms with Crippen molar-refractivity contribution in [2.45, 2.75) is 202 Å². The molecule has 0 saturated heterocycles. The van der Waals surface area contributed by atoms with Gasteiger partial charge in [-0.15, -0.1) is 0 Å². The Labute approximate surface area is 332 Å². The van der Waals surface area contributed by atoms with Crippen LogP contribution in [-0.4, -0.2) is 34.7 Å². The molecule has 0 aliphatic heterocycles. The first-order valence-electron chi connectivity index (χ1n) is 21.4. The van der Waals surface area contributed by atoms with E-state index in [4.69, 9.17) is 0 Å². The summed E-state index contributed by atoms with van der Waals surface area (Å²) in [6.07, 6.45) is 11.2. The van der Waals surface area contributed by atoms with Crippen molar-refractivity contribution in [3.63, 3.8) is 0 Å². The average Bonchev–Trinajstić information content (AvgIpc) is 3.04. The molecule has 3 aliphatic rings. The zero-order chi connectivity index (χ0) is 42.4. The van der Waals surface area contributed by atoms with Crippen molar-refractivity contribution < 1.29 is 28.8 Å². The quantitative estimate of drug-likeness (QED) is 0.267. The fourth-order valence-electron chi connectivity index (χ4n) is 8.60. The van der Waals surface area contributed by atoms with E-state index in [1.807, 2.05) is 125 Å². The molecule has 0 heterocycles. The van der Waals surface area contributed by atoms with Crippen LogP contribution in [0.15, 0.2) is 0 Å². The summed E-state index contributed by atoms with van der Waals surface area (Å²) in [7, 11) is 0. The molecular weight excluding hydrogens is 673 g/mol. The number of hydrogen-bond acceptors (Lipinski definition) is 6. The Hall–Kier alpha value is -1.98. The third-order valence-electron chi connectivity index (χ3n) is 11.8. The summed E-state index contributed by atoms with van der Waals surface area (Å²) >= 11 is 0. The van der Waals surface area contributed by atoms with Gasteiger partial charge in [0.1, 0.15) is 34.7 Å². The summed E-state index contributed by atoms with van der Waals surface area (Å²) in [4.78, 5) is 74.1. The van der Waals surface area contributed by atoms with Gasteiger partial charge in [0.05, 0.1) is 0 Å². The van der Waals surface area contributed by atoms with E-state index in [9.17, 15) is 28.8 Å². The Balaban J connectivity index is 0.000000405. The van der Waals surface area contributed by atoms with Crippen LogP contribution in [-0.2, 0) is 28.8 Å². The lowest BCUT2D eigenvalue weighted by Crippen LogP contribution is -2.42. The molecule has 0 aromatic heterocycles. The van der Waals surface area contributed by atoms with Crippen LogP contribution in [0.2, 0.25) is 0 Å². The molecule has 0 radical (unpaired) electrons. The maximum atomic E-state index is 12.5. The number of carbonyl (C=O) groups is 6. The Morgan fingerprint density at radius 2 is 0.500 bits per heavy atom. The number of Topliss-reactive ketones (excluding diaryl/α,β-unsaturated/α-hetero) is 6. The highest BCUT2D eigenvalue weighted by atomic mass is 16.2. The third kappa shape index (κ3) is 15.2. The second-order valence-electron chi connectivity index (χ2n) is 23.3. The second-order valence-corrected chi connectivity index (χ2v) is 23.3. The van der Waals surface area contributed by atoms with Crippen molar-refractivity contribution in [1.82, 2.24) is 0 Å². The molecule has 0 bridgehead atoms. The van der Waals surface area contributed by atoms with Crippen LogP contribution in [0.4, 0.5) is 0 Å². The lowest BCUT2D eigenvalue weighted by atomic mass is 9.66. The molecule has 0 aromatic rings. The zero-order valence-corrected chi connectivity index (χ0v) is 38.4. The average molecular weight is 757 g/mol. The molecule has 3 saturated carbocycles. The van der Waals surface area contributed by atoms with Gasteiger partial charge in [-0.1, -0.05) is 144 Å². The summed E-state index contributed by atoms with van der Waals surface area (Å²) in [6.45, 7) is 35.6. The molecule has 54 heavy (non-hydrogen) atoms. The Kier molecular flexibility index (Phi) is 17.6. The maximum Gasteiger partial charge on any atom is 0.141 e. The van der Waals surface area contributed by atoms with E-state index in [2.05, 4.69) is 0 Å². The topological polar surface area (TPSA) is 102 Å². The molecule has 3 fully saturated rings. The summed E-state index contributed by atoms with van der Waals surface area (Å²) in [5, 5.41) is 0. The Morgan fingerprint density at radius 1 is 0.278 bits per heavy atom. The normalized spacial score (nSPS) is 25.9. The van der Waals surface area contributed by atoms with Gasteiger partial charge >= 0.3 is 0 Å². The first-order chi connectivity index (χ1) is 24.1. The number of ketones is 6. The first kappa shape index (κ1) is 50.0. The van der Waals surface area contributed by atoms with Crippen molar-refractivity contribution in [1.29, 1.82) is 0 Å². The summed E-state index contributed by atoms with van der Waals surface area (Å²) in [5.41, 5.74) is -1.72. The van der Waals surface area contributed by atoms with Gasteiger partial charge in [-0.3, -0.25) is 28.8 Å². The monoisotopic (exact) mass is 757 g/mol. The van der Waals surface area contributed by atoms with Crippen LogP contribution in [0, 0.1) is 68.0 Å². The van der Waals surface area contributed by atoms with Gasteiger partial charge in [0.25, 0.3) is 0 Å². The molecular formula is C48H84O6. The van der Waals surface area contributed by atoms with Gasteiger partial charge in [-0.2, -0.15) is 0 Å². The minimum atomic E-state index is -0.335. The van der Waals surface area contributed by atoms with E-state index in [1.54, 1.807) is 0 Å². The molecule has 4 atom stereocenters. The molecule has 3 rings (SSSR count). The van der Waals surface area contributed by atoms with E-state index >= 15 is 0 Å².